The van der Waals surface area contributed by atoms with Crippen LogP contribution in [0.15, 0.2) is 18.2 Å². The van der Waals surface area contributed by atoms with Crippen molar-refractivity contribution in [2.75, 3.05) is 26.1 Å². The van der Waals surface area contributed by atoms with Gasteiger partial charge in [0.2, 0.25) is 0 Å². The zero-order valence-corrected chi connectivity index (χ0v) is 13.7. The summed E-state index contributed by atoms with van der Waals surface area (Å²) in [5.74, 6) is 2.47. The van der Waals surface area contributed by atoms with Gasteiger partial charge in [-0.2, -0.15) is 0 Å². The van der Waals surface area contributed by atoms with Gasteiger partial charge in [-0.1, -0.05) is 20.8 Å². The molecular weight excluding hydrogens is 264 g/mol. The average Bonchev–Trinajstić information content (AvgIpc) is 2.44. The Kier molecular flexibility index (Phi) is 4.26. The van der Waals surface area contributed by atoms with E-state index in [0.717, 1.165) is 34.8 Å². The van der Waals surface area contributed by atoms with Gasteiger partial charge in [0.05, 0.1) is 14.2 Å². The minimum Gasteiger partial charge on any atom is -0.496 e. The van der Waals surface area contributed by atoms with Gasteiger partial charge in [0.1, 0.15) is 22.8 Å². The predicted octanol–water partition coefficient (Wildman–Crippen LogP) is 3.98. The first-order chi connectivity index (χ1) is 9.92. The standard InChI is InChI=1S/C17H24N2O2/c1-7-18-16-12(17(2,3)4)10-11-13(20-5)8-9-14(21-6)15(11)19-16/h8-10H,7H2,1-6H3,(H,18,19). The lowest BCUT2D eigenvalue weighted by atomic mass is 9.86. The maximum atomic E-state index is 5.48. The molecular formula is C17H24N2O2. The van der Waals surface area contributed by atoms with Crippen LogP contribution in [0.5, 0.6) is 11.5 Å². The second-order valence-electron chi connectivity index (χ2n) is 6.03. The number of methoxy groups -OCH3 is 2. The molecule has 2 aromatic rings. The van der Waals surface area contributed by atoms with Crippen LogP contribution in [0.2, 0.25) is 0 Å². The SMILES string of the molecule is CCNc1nc2c(OC)ccc(OC)c2cc1C(C)(C)C. The summed E-state index contributed by atoms with van der Waals surface area (Å²) in [5.41, 5.74) is 1.98. The molecule has 0 saturated heterocycles. The highest BCUT2D eigenvalue weighted by Crippen LogP contribution is 2.38. The van der Waals surface area contributed by atoms with Crippen molar-refractivity contribution in [2.45, 2.75) is 33.1 Å². The van der Waals surface area contributed by atoms with Crippen molar-refractivity contribution in [3.05, 3.63) is 23.8 Å². The third kappa shape index (κ3) is 2.89. The van der Waals surface area contributed by atoms with Crippen LogP contribution in [0.25, 0.3) is 10.9 Å². The number of pyridine rings is 1. The van der Waals surface area contributed by atoms with E-state index in [9.17, 15) is 0 Å². The number of anilines is 1. The first kappa shape index (κ1) is 15.4. The second kappa shape index (κ2) is 5.80. The Bertz CT molecular complexity index is 645. The molecule has 2 rings (SSSR count). The highest BCUT2D eigenvalue weighted by Gasteiger charge is 2.22. The average molecular weight is 288 g/mol. The van der Waals surface area contributed by atoms with E-state index in [2.05, 4.69) is 39.1 Å². The molecule has 21 heavy (non-hydrogen) atoms. The number of benzene rings is 1. The number of fused-ring (bicyclic) bond motifs is 1. The van der Waals surface area contributed by atoms with Crippen molar-refractivity contribution < 1.29 is 9.47 Å². The zero-order chi connectivity index (χ0) is 15.6. The normalized spacial score (nSPS) is 11.5. The van der Waals surface area contributed by atoms with Gasteiger partial charge in [-0.15, -0.1) is 0 Å². The summed E-state index contributed by atoms with van der Waals surface area (Å²) in [6, 6.07) is 5.96. The van der Waals surface area contributed by atoms with Crippen LogP contribution in [-0.4, -0.2) is 25.7 Å². The molecule has 0 bridgehead atoms. The fraction of sp³-hybridized carbons (Fsp3) is 0.471. The van der Waals surface area contributed by atoms with E-state index in [1.807, 2.05) is 12.1 Å². The summed E-state index contributed by atoms with van der Waals surface area (Å²) in [6.45, 7) is 9.45. The molecule has 0 amide bonds. The molecule has 0 aliphatic heterocycles. The van der Waals surface area contributed by atoms with Crippen LogP contribution in [0, 0.1) is 0 Å². The summed E-state index contributed by atoms with van der Waals surface area (Å²) >= 11 is 0. The first-order valence-electron chi connectivity index (χ1n) is 7.22. The maximum absolute atomic E-state index is 5.48. The number of nitrogens with one attached hydrogen (secondary N) is 1. The molecule has 1 N–H and O–H groups in total. The third-order valence-corrected chi connectivity index (χ3v) is 3.50. The van der Waals surface area contributed by atoms with Gasteiger partial charge in [0, 0.05) is 17.5 Å². The molecule has 114 valence electrons. The van der Waals surface area contributed by atoms with Crippen molar-refractivity contribution in [3.8, 4) is 11.5 Å². The summed E-state index contributed by atoms with van der Waals surface area (Å²) in [5, 5.41) is 4.33. The van der Waals surface area contributed by atoms with Crippen LogP contribution in [0.1, 0.15) is 33.3 Å². The zero-order valence-electron chi connectivity index (χ0n) is 13.7. The Morgan fingerprint density at radius 1 is 1.10 bits per heavy atom. The first-order valence-corrected chi connectivity index (χ1v) is 7.22. The fourth-order valence-corrected chi connectivity index (χ4v) is 2.43. The molecule has 1 aromatic carbocycles. The maximum Gasteiger partial charge on any atom is 0.145 e. The highest BCUT2D eigenvalue weighted by molar-refractivity contribution is 5.92. The lowest BCUT2D eigenvalue weighted by Gasteiger charge is -2.24. The van der Waals surface area contributed by atoms with E-state index < -0.39 is 0 Å². The van der Waals surface area contributed by atoms with Crippen LogP contribution < -0.4 is 14.8 Å². The fourth-order valence-electron chi connectivity index (χ4n) is 2.43. The van der Waals surface area contributed by atoms with Gasteiger partial charge >= 0.3 is 0 Å². The molecule has 4 nitrogen and oxygen atoms in total. The molecule has 0 aliphatic rings. The Morgan fingerprint density at radius 3 is 2.24 bits per heavy atom. The number of aromatic nitrogens is 1. The molecule has 4 heteroatoms. The van der Waals surface area contributed by atoms with Crippen molar-refractivity contribution in [1.82, 2.24) is 4.98 Å². The topological polar surface area (TPSA) is 43.4 Å². The van der Waals surface area contributed by atoms with Crippen molar-refractivity contribution in [2.24, 2.45) is 0 Å². The molecule has 0 fully saturated rings. The monoisotopic (exact) mass is 288 g/mol. The van der Waals surface area contributed by atoms with Crippen molar-refractivity contribution in [3.63, 3.8) is 0 Å². The smallest absolute Gasteiger partial charge is 0.145 e. The number of hydrogen-bond acceptors (Lipinski definition) is 4. The lowest BCUT2D eigenvalue weighted by molar-refractivity contribution is 0.409. The Hall–Kier alpha value is -1.97. The summed E-state index contributed by atoms with van der Waals surface area (Å²) in [6.07, 6.45) is 0. The number of hydrogen-bond donors (Lipinski definition) is 1. The van der Waals surface area contributed by atoms with Crippen LogP contribution >= 0.6 is 0 Å². The largest absolute Gasteiger partial charge is 0.496 e. The van der Waals surface area contributed by atoms with E-state index in [-0.39, 0.29) is 5.41 Å². The highest BCUT2D eigenvalue weighted by atomic mass is 16.5. The summed E-state index contributed by atoms with van der Waals surface area (Å²) in [7, 11) is 3.34. The van der Waals surface area contributed by atoms with E-state index >= 15 is 0 Å². The minimum absolute atomic E-state index is 0.00716. The van der Waals surface area contributed by atoms with Gasteiger partial charge in [0.15, 0.2) is 0 Å². The van der Waals surface area contributed by atoms with Crippen LogP contribution in [-0.2, 0) is 5.41 Å². The van der Waals surface area contributed by atoms with Gasteiger partial charge in [-0.05, 0) is 30.5 Å². The van der Waals surface area contributed by atoms with E-state index in [0.29, 0.717) is 0 Å². The van der Waals surface area contributed by atoms with Gasteiger partial charge in [0.25, 0.3) is 0 Å². The lowest BCUT2D eigenvalue weighted by Crippen LogP contribution is -2.16. The van der Waals surface area contributed by atoms with Gasteiger partial charge < -0.3 is 14.8 Å². The van der Waals surface area contributed by atoms with E-state index in [1.165, 1.54) is 5.56 Å². The van der Waals surface area contributed by atoms with Gasteiger partial charge in [-0.3, -0.25) is 0 Å². The second-order valence-corrected chi connectivity index (χ2v) is 6.03. The van der Waals surface area contributed by atoms with Gasteiger partial charge in [-0.25, -0.2) is 4.98 Å². The van der Waals surface area contributed by atoms with E-state index in [4.69, 9.17) is 14.5 Å². The predicted molar refractivity (Wildman–Crippen MR) is 87.7 cm³/mol. The summed E-state index contributed by atoms with van der Waals surface area (Å²) < 4.78 is 10.9. The Balaban J connectivity index is 2.82. The molecule has 0 unspecified atom stereocenters. The number of rotatable bonds is 4. The molecule has 0 aliphatic carbocycles. The molecule has 0 radical (unpaired) electrons. The minimum atomic E-state index is -0.00716. The Labute approximate surface area is 126 Å². The number of ether oxygens (including phenoxy) is 2. The molecule has 0 atom stereocenters. The quantitative estimate of drug-likeness (QED) is 0.924. The molecule has 0 saturated carbocycles. The third-order valence-electron chi connectivity index (χ3n) is 3.50. The summed E-state index contributed by atoms with van der Waals surface area (Å²) in [4.78, 5) is 4.79. The van der Waals surface area contributed by atoms with Crippen LogP contribution in [0.4, 0.5) is 5.82 Å². The van der Waals surface area contributed by atoms with E-state index in [1.54, 1.807) is 14.2 Å². The molecule has 1 aromatic heterocycles. The van der Waals surface area contributed by atoms with Crippen LogP contribution in [0.3, 0.4) is 0 Å². The van der Waals surface area contributed by atoms with Crippen molar-refractivity contribution >= 4 is 16.7 Å². The molecule has 1 heterocycles. The van der Waals surface area contributed by atoms with Crippen molar-refractivity contribution in [1.29, 1.82) is 0 Å². The Morgan fingerprint density at radius 2 is 1.71 bits per heavy atom. The number of nitrogens with zero attached hydrogens (tertiary/aromatic N) is 1. The molecule has 0 spiro atoms.